The van der Waals surface area contributed by atoms with Crippen molar-refractivity contribution in [1.82, 2.24) is 15.0 Å². The molecule has 0 aliphatic carbocycles. The molecule has 0 fully saturated rings. The van der Waals surface area contributed by atoms with Crippen LogP contribution in [0, 0.1) is 6.92 Å². The SMILES string of the molecule is CC=C(Cc1ncnc(C)n1)c1ccc(OC)c(OC)c1. The molecule has 110 valence electrons. The molecule has 21 heavy (non-hydrogen) atoms. The van der Waals surface area contributed by atoms with Crippen LogP contribution in [0.15, 0.2) is 30.6 Å². The van der Waals surface area contributed by atoms with E-state index in [-0.39, 0.29) is 0 Å². The molecule has 0 aliphatic rings. The van der Waals surface area contributed by atoms with E-state index in [1.807, 2.05) is 32.0 Å². The molecular weight excluding hydrogens is 266 g/mol. The number of hydrogen-bond donors (Lipinski definition) is 0. The predicted molar refractivity (Wildman–Crippen MR) is 81.5 cm³/mol. The minimum Gasteiger partial charge on any atom is -0.493 e. The Morgan fingerprint density at radius 2 is 1.90 bits per heavy atom. The lowest BCUT2D eigenvalue weighted by Crippen LogP contribution is -2.01. The summed E-state index contributed by atoms with van der Waals surface area (Å²) >= 11 is 0. The molecule has 0 unspecified atom stereocenters. The third-order valence-corrected chi connectivity index (χ3v) is 3.19. The van der Waals surface area contributed by atoms with E-state index in [4.69, 9.17) is 9.47 Å². The number of benzene rings is 1. The number of aryl methyl sites for hydroxylation is 1. The van der Waals surface area contributed by atoms with Crippen LogP contribution >= 0.6 is 0 Å². The maximum Gasteiger partial charge on any atom is 0.161 e. The number of methoxy groups -OCH3 is 2. The van der Waals surface area contributed by atoms with Crippen LogP contribution in [-0.4, -0.2) is 29.2 Å². The van der Waals surface area contributed by atoms with Crippen LogP contribution in [0.1, 0.15) is 24.1 Å². The van der Waals surface area contributed by atoms with Gasteiger partial charge < -0.3 is 9.47 Å². The van der Waals surface area contributed by atoms with Crippen LogP contribution in [0.3, 0.4) is 0 Å². The summed E-state index contributed by atoms with van der Waals surface area (Å²) in [4.78, 5) is 12.6. The van der Waals surface area contributed by atoms with Crippen molar-refractivity contribution >= 4 is 5.57 Å². The molecule has 0 radical (unpaired) electrons. The molecule has 0 saturated heterocycles. The Labute approximate surface area is 124 Å². The molecule has 0 saturated carbocycles. The van der Waals surface area contributed by atoms with Crippen LogP contribution in [-0.2, 0) is 6.42 Å². The smallest absolute Gasteiger partial charge is 0.161 e. The Bertz CT molecular complexity index is 654. The van der Waals surface area contributed by atoms with E-state index in [0.717, 1.165) is 22.8 Å². The third kappa shape index (κ3) is 3.56. The first kappa shape index (κ1) is 15.0. The van der Waals surface area contributed by atoms with Gasteiger partial charge in [0.05, 0.1) is 14.2 Å². The summed E-state index contributed by atoms with van der Waals surface area (Å²) in [6.07, 6.45) is 4.25. The topological polar surface area (TPSA) is 57.1 Å². The normalized spacial score (nSPS) is 11.3. The summed E-state index contributed by atoms with van der Waals surface area (Å²) in [5, 5.41) is 0. The third-order valence-electron chi connectivity index (χ3n) is 3.19. The molecule has 0 aliphatic heterocycles. The molecule has 2 aromatic rings. The summed E-state index contributed by atoms with van der Waals surface area (Å²) in [7, 11) is 3.26. The second-order valence-corrected chi connectivity index (χ2v) is 4.51. The van der Waals surface area contributed by atoms with Gasteiger partial charge in [-0.2, -0.15) is 0 Å². The molecular formula is C16H19N3O2. The summed E-state index contributed by atoms with van der Waals surface area (Å²) in [6.45, 7) is 3.86. The van der Waals surface area contributed by atoms with Crippen molar-refractivity contribution in [2.45, 2.75) is 20.3 Å². The Morgan fingerprint density at radius 3 is 2.52 bits per heavy atom. The molecule has 0 atom stereocenters. The highest BCUT2D eigenvalue weighted by Gasteiger charge is 2.09. The van der Waals surface area contributed by atoms with Gasteiger partial charge in [0.15, 0.2) is 11.5 Å². The second kappa shape index (κ2) is 6.83. The van der Waals surface area contributed by atoms with E-state index in [9.17, 15) is 0 Å². The Hall–Kier alpha value is -2.43. The Kier molecular flexibility index (Phi) is 4.87. The van der Waals surface area contributed by atoms with Gasteiger partial charge in [-0.25, -0.2) is 15.0 Å². The molecule has 1 heterocycles. The van der Waals surface area contributed by atoms with E-state index >= 15 is 0 Å². The van der Waals surface area contributed by atoms with Crippen LogP contribution < -0.4 is 9.47 Å². The molecule has 5 heteroatoms. The average Bonchev–Trinajstić information content (AvgIpc) is 2.52. The zero-order valence-corrected chi connectivity index (χ0v) is 12.8. The minimum atomic E-state index is 0.648. The summed E-state index contributed by atoms with van der Waals surface area (Å²) in [5.74, 6) is 2.90. The molecule has 0 amide bonds. The van der Waals surface area contributed by atoms with Gasteiger partial charge in [-0.15, -0.1) is 0 Å². The summed E-state index contributed by atoms with van der Waals surface area (Å²) in [6, 6.07) is 5.86. The summed E-state index contributed by atoms with van der Waals surface area (Å²) < 4.78 is 10.6. The molecule has 0 N–H and O–H groups in total. The number of nitrogens with zero attached hydrogens (tertiary/aromatic N) is 3. The lowest BCUT2D eigenvalue weighted by atomic mass is 10.0. The molecule has 5 nitrogen and oxygen atoms in total. The van der Waals surface area contributed by atoms with E-state index in [1.165, 1.54) is 0 Å². The molecule has 0 bridgehead atoms. The van der Waals surface area contributed by atoms with Crippen molar-refractivity contribution in [3.8, 4) is 11.5 Å². The molecule has 0 spiro atoms. The van der Waals surface area contributed by atoms with Crippen LogP contribution in [0.4, 0.5) is 0 Å². The highest BCUT2D eigenvalue weighted by molar-refractivity contribution is 5.69. The first-order valence-electron chi connectivity index (χ1n) is 6.70. The Morgan fingerprint density at radius 1 is 1.14 bits per heavy atom. The first-order valence-corrected chi connectivity index (χ1v) is 6.70. The molecule has 1 aromatic heterocycles. The van der Waals surface area contributed by atoms with Gasteiger partial charge in [-0.3, -0.25) is 0 Å². The van der Waals surface area contributed by atoms with E-state index in [0.29, 0.717) is 17.9 Å². The van der Waals surface area contributed by atoms with Crippen LogP contribution in [0.5, 0.6) is 11.5 Å². The molecule has 2 rings (SSSR count). The number of rotatable bonds is 5. The van der Waals surface area contributed by atoms with Gasteiger partial charge in [0, 0.05) is 6.42 Å². The minimum absolute atomic E-state index is 0.648. The number of allylic oxidation sites excluding steroid dienone is 2. The van der Waals surface area contributed by atoms with Crippen molar-refractivity contribution in [2.24, 2.45) is 0 Å². The van der Waals surface area contributed by atoms with E-state index in [1.54, 1.807) is 20.5 Å². The quantitative estimate of drug-likeness (QED) is 0.845. The van der Waals surface area contributed by atoms with E-state index < -0.39 is 0 Å². The zero-order chi connectivity index (χ0) is 15.2. The fourth-order valence-electron chi connectivity index (χ4n) is 2.09. The van der Waals surface area contributed by atoms with Gasteiger partial charge in [0.25, 0.3) is 0 Å². The number of ether oxygens (including phenoxy) is 2. The van der Waals surface area contributed by atoms with Crippen molar-refractivity contribution < 1.29 is 9.47 Å². The largest absolute Gasteiger partial charge is 0.493 e. The first-order chi connectivity index (χ1) is 10.2. The van der Waals surface area contributed by atoms with Crippen molar-refractivity contribution in [3.63, 3.8) is 0 Å². The van der Waals surface area contributed by atoms with E-state index in [2.05, 4.69) is 21.0 Å². The van der Waals surface area contributed by atoms with Gasteiger partial charge >= 0.3 is 0 Å². The fourth-order valence-corrected chi connectivity index (χ4v) is 2.09. The van der Waals surface area contributed by atoms with Gasteiger partial charge in [0.2, 0.25) is 0 Å². The van der Waals surface area contributed by atoms with Crippen LogP contribution in [0.2, 0.25) is 0 Å². The van der Waals surface area contributed by atoms with Gasteiger partial charge in [-0.1, -0.05) is 12.1 Å². The molecule has 1 aromatic carbocycles. The fraction of sp³-hybridized carbons (Fsp3) is 0.312. The summed E-state index contributed by atoms with van der Waals surface area (Å²) in [5.41, 5.74) is 2.19. The second-order valence-electron chi connectivity index (χ2n) is 4.51. The Balaban J connectivity index is 2.30. The van der Waals surface area contributed by atoms with Crippen molar-refractivity contribution in [1.29, 1.82) is 0 Å². The highest BCUT2D eigenvalue weighted by atomic mass is 16.5. The zero-order valence-electron chi connectivity index (χ0n) is 12.8. The van der Waals surface area contributed by atoms with Crippen LogP contribution in [0.25, 0.3) is 5.57 Å². The monoisotopic (exact) mass is 285 g/mol. The maximum atomic E-state index is 5.35. The van der Waals surface area contributed by atoms with Crippen molar-refractivity contribution in [2.75, 3.05) is 14.2 Å². The maximum absolute atomic E-state index is 5.35. The van der Waals surface area contributed by atoms with Crippen molar-refractivity contribution in [3.05, 3.63) is 47.8 Å². The van der Waals surface area contributed by atoms with Gasteiger partial charge in [0.1, 0.15) is 18.0 Å². The highest BCUT2D eigenvalue weighted by Crippen LogP contribution is 2.31. The number of aromatic nitrogens is 3. The number of hydrogen-bond acceptors (Lipinski definition) is 5. The predicted octanol–water partition coefficient (Wildman–Crippen LogP) is 2.84. The lowest BCUT2D eigenvalue weighted by molar-refractivity contribution is 0.355. The standard InChI is InChI=1S/C16H19N3O2/c1-5-12(9-16-18-10-17-11(2)19-16)13-6-7-14(20-3)15(8-13)21-4/h5-8,10H,9H2,1-4H3. The van der Waals surface area contributed by atoms with Gasteiger partial charge in [-0.05, 0) is 37.1 Å². The average molecular weight is 285 g/mol. The lowest BCUT2D eigenvalue weighted by Gasteiger charge is -2.11.